The van der Waals surface area contributed by atoms with Gasteiger partial charge < -0.3 is 5.32 Å². The monoisotopic (exact) mass is 256 g/mol. The van der Waals surface area contributed by atoms with E-state index in [0.29, 0.717) is 0 Å². The van der Waals surface area contributed by atoms with E-state index >= 15 is 0 Å². The molecule has 0 radical (unpaired) electrons. The maximum atomic E-state index is 9.57. The van der Waals surface area contributed by atoms with E-state index in [1.165, 1.54) is 5.56 Å². The molecule has 0 bridgehead atoms. The molecule has 0 aromatic heterocycles. The van der Waals surface area contributed by atoms with Crippen LogP contribution in [-0.4, -0.2) is 5.54 Å². The maximum absolute atomic E-state index is 9.57. The Hall–Kier alpha value is -1.49. The molecule has 2 rings (SSSR count). The van der Waals surface area contributed by atoms with Gasteiger partial charge in [0.1, 0.15) is 5.54 Å². The minimum Gasteiger partial charge on any atom is -0.367 e. The third-order valence-electron chi connectivity index (χ3n) is 4.48. The van der Waals surface area contributed by atoms with Crippen molar-refractivity contribution in [3.05, 3.63) is 29.8 Å². The zero-order valence-electron chi connectivity index (χ0n) is 12.2. The van der Waals surface area contributed by atoms with E-state index in [1.54, 1.807) is 0 Å². The van der Waals surface area contributed by atoms with Gasteiger partial charge in [-0.15, -0.1) is 0 Å². The summed E-state index contributed by atoms with van der Waals surface area (Å²) in [6.45, 7) is 6.66. The van der Waals surface area contributed by atoms with Gasteiger partial charge >= 0.3 is 0 Å². The van der Waals surface area contributed by atoms with Crippen LogP contribution in [0.15, 0.2) is 24.3 Å². The Morgan fingerprint density at radius 1 is 1.21 bits per heavy atom. The van der Waals surface area contributed by atoms with Crippen LogP contribution in [0.3, 0.4) is 0 Å². The third kappa shape index (κ3) is 3.29. The molecular weight excluding hydrogens is 232 g/mol. The minimum atomic E-state index is -0.360. The first kappa shape index (κ1) is 13.9. The molecule has 1 aromatic carbocycles. The number of hydrogen-bond acceptors (Lipinski definition) is 2. The summed E-state index contributed by atoms with van der Waals surface area (Å²) >= 11 is 0. The highest BCUT2D eigenvalue weighted by Crippen LogP contribution is 2.37. The van der Waals surface area contributed by atoms with Crippen molar-refractivity contribution in [3.8, 4) is 6.07 Å². The lowest BCUT2D eigenvalue weighted by atomic mass is 9.73. The summed E-state index contributed by atoms with van der Waals surface area (Å²) in [5.74, 6) is 1.51. The molecule has 0 aliphatic heterocycles. The predicted molar refractivity (Wildman–Crippen MR) is 79.9 cm³/mol. The van der Waals surface area contributed by atoms with Crippen molar-refractivity contribution >= 4 is 5.69 Å². The molecular formula is C17H24N2. The normalized spacial score (nSPS) is 27.0. The molecule has 1 N–H and O–H groups in total. The van der Waals surface area contributed by atoms with E-state index in [-0.39, 0.29) is 5.54 Å². The molecule has 0 unspecified atom stereocenters. The number of benzene rings is 1. The van der Waals surface area contributed by atoms with Gasteiger partial charge in [-0.2, -0.15) is 5.26 Å². The molecule has 1 aliphatic rings. The molecule has 0 saturated heterocycles. The molecule has 0 amide bonds. The second kappa shape index (κ2) is 5.65. The smallest absolute Gasteiger partial charge is 0.125 e. The molecule has 0 heterocycles. The highest BCUT2D eigenvalue weighted by molar-refractivity contribution is 5.48. The van der Waals surface area contributed by atoms with Crippen LogP contribution in [0, 0.1) is 30.1 Å². The SMILES string of the molecule is Cc1ccc(NC2(C#N)CCC(C(C)C)CC2)cc1. The van der Waals surface area contributed by atoms with Gasteiger partial charge in [-0.3, -0.25) is 0 Å². The summed E-state index contributed by atoms with van der Waals surface area (Å²) in [5, 5.41) is 13.0. The predicted octanol–water partition coefficient (Wildman–Crippen LogP) is 4.52. The molecule has 0 spiro atoms. The van der Waals surface area contributed by atoms with Crippen LogP contribution in [0.25, 0.3) is 0 Å². The van der Waals surface area contributed by atoms with Crippen molar-refractivity contribution in [2.75, 3.05) is 5.32 Å². The van der Waals surface area contributed by atoms with Crippen LogP contribution in [0.5, 0.6) is 0 Å². The summed E-state index contributed by atoms with van der Waals surface area (Å²) in [5.41, 5.74) is 1.95. The van der Waals surface area contributed by atoms with Crippen molar-refractivity contribution in [1.29, 1.82) is 5.26 Å². The zero-order chi connectivity index (χ0) is 13.9. The fraction of sp³-hybridized carbons (Fsp3) is 0.588. The van der Waals surface area contributed by atoms with Crippen LogP contribution in [0.1, 0.15) is 45.1 Å². The van der Waals surface area contributed by atoms with Gasteiger partial charge in [-0.1, -0.05) is 31.5 Å². The van der Waals surface area contributed by atoms with E-state index in [1.807, 2.05) is 0 Å². The van der Waals surface area contributed by atoms with Crippen LogP contribution >= 0.6 is 0 Å². The molecule has 1 aromatic rings. The van der Waals surface area contributed by atoms with E-state index in [2.05, 4.69) is 56.4 Å². The zero-order valence-corrected chi connectivity index (χ0v) is 12.2. The second-order valence-electron chi connectivity index (χ2n) is 6.27. The van der Waals surface area contributed by atoms with Crippen molar-refractivity contribution in [2.45, 2.75) is 52.0 Å². The van der Waals surface area contributed by atoms with E-state index in [4.69, 9.17) is 0 Å². The number of hydrogen-bond donors (Lipinski definition) is 1. The Balaban J connectivity index is 2.05. The quantitative estimate of drug-likeness (QED) is 0.863. The Labute approximate surface area is 116 Å². The molecule has 102 valence electrons. The van der Waals surface area contributed by atoms with E-state index < -0.39 is 0 Å². The molecule has 19 heavy (non-hydrogen) atoms. The standard InChI is InChI=1S/C17H24N2/c1-13(2)15-8-10-17(12-18,11-9-15)19-16-6-4-14(3)5-7-16/h4-7,13,15,19H,8-11H2,1-3H3. The number of nitrogens with one attached hydrogen (secondary N) is 1. The number of anilines is 1. The maximum Gasteiger partial charge on any atom is 0.125 e. The first-order valence-electron chi connectivity index (χ1n) is 7.31. The number of nitrogens with zero attached hydrogens (tertiary/aromatic N) is 1. The summed E-state index contributed by atoms with van der Waals surface area (Å²) in [6, 6.07) is 10.9. The van der Waals surface area contributed by atoms with Crippen molar-refractivity contribution in [3.63, 3.8) is 0 Å². The van der Waals surface area contributed by atoms with Crippen molar-refractivity contribution in [2.24, 2.45) is 11.8 Å². The molecule has 1 aliphatic carbocycles. The molecule has 1 saturated carbocycles. The number of aryl methyl sites for hydroxylation is 1. The Kier molecular flexibility index (Phi) is 4.14. The van der Waals surface area contributed by atoms with Gasteiger partial charge in [0.25, 0.3) is 0 Å². The summed E-state index contributed by atoms with van der Waals surface area (Å²) in [4.78, 5) is 0. The Morgan fingerprint density at radius 3 is 2.26 bits per heavy atom. The first-order chi connectivity index (χ1) is 9.04. The van der Waals surface area contributed by atoms with Crippen LogP contribution in [0.4, 0.5) is 5.69 Å². The summed E-state index contributed by atoms with van der Waals surface area (Å²) < 4.78 is 0. The largest absolute Gasteiger partial charge is 0.367 e. The number of rotatable bonds is 3. The number of nitriles is 1. The highest BCUT2D eigenvalue weighted by Gasteiger charge is 2.36. The Bertz CT molecular complexity index is 445. The molecule has 2 nitrogen and oxygen atoms in total. The van der Waals surface area contributed by atoms with Gasteiger partial charge in [0, 0.05) is 5.69 Å². The van der Waals surface area contributed by atoms with E-state index in [0.717, 1.165) is 43.2 Å². The van der Waals surface area contributed by atoms with Crippen molar-refractivity contribution < 1.29 is 0 Å². The fourth-order valence-electron chi connectivity index (χ4n) is 2.98. The molecule has 2 heteroatoms. The van der Waals surface area contributed by atoms with Crippen LogP contribution in [0.2, 0.25) is 0 Å². The van der Waals surface area contributed by atoms with E-state index in [9.17, 15) is 5.26 Å². The lowest BCUT2D eigenvalue weighted by Crippen LogP contribution is -2.41. The van der Waals surface area contributed by atoms with Gasteiger partial charge in [0.05, 0.1) is 6.07 Å². The van der Waals surface area contributed by atoms with Crippen LogP contribution < -0.4 is 5.32 Å². The van der Waals surface area contributed by atoms with Gasteiger partial charge in [0.15, 0.2) is 0 Å². The van der Waals surface area contributed by atoms with Gasteiger partial charge in [-0.25, -0.2) is 0 Å². The molecule has 0 atom stereocenters. The summed E-state index contributed by atoms with van der Waals surface area (Å²) in [7, 11) is 0. The fourth-order valence-corrected chi connectivity index (χ4v) is 2.98. The molecule has 1 fully saturated rings. The van der Waals surface area contributed by atoms with Gasteiger partial charge in [0.2, 0.25) is 0 Å². The highest BCUT2D eigenvalue weighted by atomic mass is 15.0. The summed E-state index contributed by atoms with van der Waals surface area (Å²) in [6.07, 6.45) is 4.23. The van der Waals surface area contributed by atoms with Gasteiger partial charge in [-0.05, 0) is 56.6 Å². The average Bonchev–Trinajstić information content (AvgIpc) is 2.42. The van der Waals surface area contributed by atoms with Crippen molar-refractivity contribution in [1.82, 2.24) is 0 Å². The lowest BCUT2D eigenvalue weighted by Gasteiger charge is -2.37. The van der Waals surface area contributed by atoms with Crippen LogP contribution in [-0.2, 0) is 0 Å². The Morgan fingerprint density at radius 2 is 1.79 bits per heavy atom. The first-order valence-corrected chi connectivity index (χ1v) is 7.31. The average molecular weight is 256 g/mol. The third-order valence-corrected chi connectivity index (χ3v) is 4.48. The minimum absolute atomic E-state index is 0.360. The topological polar surface area (TPSA) is 35.8 Å². The second-order valence-corrected chi connectivity index (χ2v) is 6.27. The lowest BCUT2D eigenvalue weighted by molar-refractivity contribution is 0.239.